The minimum Gasteiger partial charge on any atom is -0.441 e. The molecule has 92 valence electrons. The van der Waals surface area contributed by atoms with Crippen LogP contribution in [0.1, 0.15) is 33.6 Å². The summed E-state index contributed by atoms with van der Waals surface area (Å²) in [6.07, 6.45) is 0.833. The van der Waals surface area contributed by atoms with E-state index in [1.165, 1.54) is 0 Å². The fraction of sp³-hybridized carbons (Fsp3) is 0.500. The van der Waals surface area contributed by atoms with Crippen molar-refractivity contribution in [2.75, 3.05) is 11.9 Å². The number of fused-ring (bicyclic) bond motifs is 1. The standard InChI is InChI=1S/C14H20N2O/c1-5-13-16-11-8-10(6-7-12(11)17-13)15-9-14(2,3)4/h6-8,15H,5,9H2,1-4H3. The monoisotopic (exact) mass is 232 g/mol. The minimum absolute atomic E-state index is 0.271. The van der Waals surface area contributed by atoms with Gasteiger partial charge in [-0.15, -0.1) is 0 Å². The van der Waals surface area contributed by atoms with E-state index in [0.717, 1.165) is 35.6 Å². The van der Waals surface area contributed by atoms with Crippen molar-refractivity contribution in [1.29, 1.82) is 0 Å². The van der Waals surface area contributed by atoms with E-state index in [4.69, 9.17) is 4.42 Å². The zero-order chi connectivity index (χ0) is 12.5. The molecule has 1 aromatic carbocycles. The van der Waals surface area contributed by atoms with Crippen molar-refractivity contribution >= 4 is 16.8 Å². The van der Waals surface area contributed by atoms with Gasteiger partial charge < -0.3 is 9.73 Å². The molecule has 17 heavy (non-hydrogen) atoms. The van der Waals surface area contributed by atoms with E-state index >= 15 is 0 Å². The summed E-state index contributed by atoms with van der Waals surface area (Å²) in [6.45, 7) is 9.62. The zero-order valence-electron chi connectivity index (χ0n) is 11.0. The highest BCUT2D eigenvalue weighted by Gasteiger charge is 2.10. The molecule has 2 aromatic rings. The number of nitrogens with one attached hydrogen (secondary N) is 1. The number of anilines is 1. The van der Waals surface area contributed by atoms with Crippen molar-refractivity contribution < 1.29 is 4.42 Å². The highest BCUT2D eigenvalue weighted by atomic mass is 16.3. The summed E-state index contributed by atoms with van der Waals surface area (Å²) in [7, 11) is 0. The van der Waals surface area contributed by atoms with Crippen LogP contribution in [0, 0.1) is 5.41 Å². The highest BCUT2D eigenvalue weighted by molar-refractivity contribution is 5.77. The lowest BCUT2D eigenvalue weighted by Crippen LogP contribution is -2.18. The van der Waals surface area contributed by atoms with Crippen molar-refractivity contribution in [2.45, 2.75) is 34.1 Å². The molecule has 0 saturated heterocycles. The molecule has 3 nitrogen and oxygen atoms in total. The Labute approximate surface area is 102 Å². The molecule has 0 fully saturated rings. The summed E-state index contributed by atoms with van der Waals surface area (Å²) in [5, 5.41) is 3.42. The van der Waals surface area contributed by atoms with Crippen LogP contribution in [0.5, 0.6) is 0 Å². The first-order chi connectivity index (χ1) is 7.98. The number of oxazole rings is 1. The molecule has 1 aromatic heterocycles. The molecule has 1 N–H and O–H groups in total. The van der Waals surface area contributed by atoms with E-state index in [-0.39, 0.29) is 5.41 Å². The molecule has 0 bridgehead atoms. The molecule has 0 aliphatic carbocycles. The van der Waals surface area contributed by atoms with E-state index < -0.39 is 0 Å². The maximum Gasteiger partial charge on any atom is 0.195 e. The highest BCUT2D eigenvalue weighted by Crippen LogP contribution is 2.21. The lowest BCUT2D eigenvalue weighted by molar-refractivity contribution is 0.443. The molecule has 0 spiro atoms. The van der Waals surface area contributed by atoms with Gasteiger partial charge in [-0.2, -0.15) is 0 Å². The van der Waals surface area contributed by atoms with Crippen LogP contribution >= 0.6 is 0 Å². The second kappa shape index (κ2) is 4.40. The van der Waals surface area contributed by atoms with Crippen molar-refractivity contribution in [3.05, 3.63) is 24.1 Å². The van der Waals surface area contributed by atoms with Crippen LogP contribution in [0.2, 0.25) is 0 Å². The summed E-state index contributed by atoms with van der Waals surface area (Å²) in [4.78, 5) is 4.43. The van der Waals surface area contributed by atoms with Crippen LogP contribution in [-0.2, 0) is 6.42 Å². The summed E-state index contributed by atoms with van der Waals surface area (Å²) in [5.74, 6) is 0.799. The third-order valence-corrected chi connectivity index (χ3v) is 2.56. The van der Waals surface area contributed by atoms with Crippen LogP contribution in [-0.4, -0.2) is 11.5 Å². The van der Waals surface area contributed by atoms with E-state index in [2.05, 4.69) is 31.1 Å². The smallest absolute Gasteiger partial charge is 0.195 e. The molecule has 0 unspecified atom stereocenters. The van der Waals surface area contributed by atoms with Crippen LogP contribution < -0.4 is 5.32 Å². The first-order valence-corrected chi connectivity index (χ1v) is 6.11. The van der Waals surface area contributed by atoms with Crippen molar-refractivity contribution in [2.24, 2.45) is 5.41 Å². The quantitative estimate of drug-likeness (QED) is 0.873. The number of aryl methyl sites for hydroxylation is 1. The summed E-state index contributed by atoms with van der Waals surface area (Å²) in [6, 6.07) is 6.06. The average molecular weight is 232 g/mol. The summed E-state index contributed by atoms with van der Waals surface area (Å²) >= 11 is 0. The Morgan fingerprint density at radius 1 is 1.29 bits per heavy atom. The summed E-state index contributed by atoms with van der Waals surface area (Å²) < 4.78 is 5.58. The molecule has 1 heterocycles. The van der Waals surface area contributed by atoms with Gasteiger partial charge in [0.1, 0.15) is 5.52 Å². The van der Waals surface area contributed by atoms with E-state index in [1.54, 1.807) is 0 Å². The van der Waals surface area contributed by atoms with Crippen LogP contribution in [0.25, 0.3) is 11.1 Å². The summed E-state index contributed by atoms with van der Waals surface area (Å²) in [5.41, 5.74) is 3.17. The Bertz CT molecular complexity index is 508. The first kappa shape index (κ1) is 12.0. The molecular formula is C14H20N2O. The van der Waals surface area contributed by atoms with Gasteiger partial charge in [0, 0.05) is 18.7 Å². The third kappa shape index (κ3) is 2.99. The van der Waals surface area contributed by atoms with Gasteiger partial charge in [-0.05, 0) is 23.6 Å². The largest absolute Gasteiger partial charge is 0.441 e. The Hall–Kier alpha value is -1.51. The lowest BCUT2D eigenvalue weighted by atomic mass is 9.97. The van der Waals surface area contributed by atoms with Crippen molar-refractivity contribution in [3.8, 4) is 0 Å². The van der Waals surface area contributed by atoms with E-state index in [9.17, 15) is 0 Å². The predicted molar refractivity (Wildman–Crippen MR) is 71.3 cm³/mol. The minimum atomic E-state index is 0.271. The number of benzene rings is 1. The fourth-order valence-corrected chi connectivity index (χ4v) is 1.60. The maximum atomic E-state index is 5.58. The van der Waals surface area contributed by atoms with Gasteiger partial charge in [0.15, 0.2) is 11.5 Å². The molecule has 0 aliphatic heterocycles. The zero-order valence-corrected chi connectivity index (χ0v) is 11.0. The van der Waals surface area contributed by atoms with Gasteiger partial charge in [0.05, 0.1) is 0 Å². The third-order valence-electron chi connectivity index (χ3n) is 2.56. The Kier molecular flexibility index (Phi) is 3.09. The van der Waals surface area contributed by atoms with E-state index in [1.807, 2.05) is 25.1 Å². The molecular weight excluding hydrogens is 212 g/mol. The topological polar surface area (TPSA) is 38.1 Å². The Balaban J connectivity index is 2.19. The second-order valence-electron chi connectivity index (χ2n) is 5.56. The molecule has 0 aliphatic rings. The van der Waals surface area contributed by atoms with Gasteiger partial charge >= 0.3 is 0 Å². The van der Waals surface area contributed by atoms with Gasteiger partial charge in [-0.1, -0.05) is 27.7 Å². The normalized spacial score (nSPS) is 12.0. The fourth-order valence-electron chi connectivity index (χ4n) is 1.60. The molecule has 0 saturated carbocycles. The van der Waals surface area contributed by atoms with Crippen LogP contribution in [0.4, 0.5) is 5.69 Å². The first-order valence-electron chi connectivity index (χ1n) is 6.11. The van der Waals surface area contributed by atoms with Crippen molar-refractivity contribution in [1.82, 2.24) is 4.98 Å². The second-order valence-corrected chi connectivity index (χ2v) is 5.56. The number of rotatable bonds is 3. The molecule has 0 atom stereocenters. The van der Waals surface area contributed by atoms with Gasteiger partial charge in [0.25, 0.3) is 0 Å². The predicted octanol–water partition coefficient (Wildman–Crippen LogP) is 3.85. The van der Waals surface area contributed by atoms with Gasteiger partial charge in [-0.3, -0.25) is 0 Å². The van der Waals surface area contributed by atoms with Gasteiger partial charge in [0.2, 0.25) is 0 Å². The Morgan fingerprint density at radius 3 is 2.71 bits per heavy atom. The van der Waals surface area contributed by atoms with Crippen LogP contribution in [0.3, 0.4) is 0 Å². The Morgan fingerprint density at radius 2 is 2.06 bits per heavy atom. The molecule has 3 heteroatoms. The number of hydrogen-bond donors (Lipinski definition) is 1. The average Bonchev–Trinajstić information content (AvgIpc) is 2.67. The number of nitrogens with zero attached hydrogens (tertiary/aromatic N) is 1. The molecule has 0 amide bonds. The van der Waals surface area contributed by atoms with Crippen molar-refractivity contribution in [3.63, 3.8) is 0 Å². The SMILES string of the molecule is CCc1nc2cc(NCC(C)(C)C)ccc2o1. The number of hydrogen-bond acceptors (Lipinski definition) is 3. The molecule has 0 radical (unpaired) electrons. The number of aromatic nitrogens is 1. The van der Waals surface area contributed by atoms with Gasteiger partial charge in [-0.25, -0.2) is 4.98 Å². The van der Waals surface area contributed by atoms with Crippen LogP contribution in [0.15, 0.2) is 22.6 Å². The van der Waals surface area contributed by atoms with E-state index in [0.29, 0.717) is 0 Å². The maximum absolute atomic E-state index is 5.58. The molecule has 2 rings (SSSR count). The lowest BCUT2D eigenvalue weighted by Gasteiger charge is -2.19.